The standard InChI is InChI=1S/C17H26N2O/c1-12(2)14-4-6-15(7-5-14)13(3)19-17(20)16-8-10-18-11-9-16/h4-7,12-13,16,18H,8-11H2,1-3H3,(H,19,20). The second-order valence-electron chi connectivity index (χ2n) is 6.08. The summed E-state index contributed by atoms with van der Waals surface area (Å²) in [7, 11) is 0. The zero-order valence-corrected chi connectivity index (χ0v) is 12.8. The van der Waals surface area contributed by atoms with Crippen molar-refractivity contribution < 1.29 is 4.79 Å². The molecule has 1 aromatic carbocycles. The van der Waals surface area contributed by atoms with Crippen LogP contribution in [0.3, 0.4) is 0 Å². The smallest absolute Gasteiger partial charge is 0.223 e. The molecule has 0 spiro atoms. The maximum Gasteiger partial charge on any atom is 0.223 e. The van der Waals surface area contributed by atoms with E-state index >= 15 is 0 Å². The van der Waals surface area contributed by atoms with Gasteiger partial charge in [-0.3, -0.25) is 4.79 Å². The van der Waals surface area contributed by atoms with Gasteiger partial charge in [-0.2, -0.15) is 0 Å². The molecule has 0 aromatic heterocycles. The maximum absolute atomic E-state index is 12.2. The van der Waals surface area contributed by atoms with E-state index in [2.05, 4.69) is 55.7 Å². The lowest BCUT2D eigenvalue weighted by Crippen LogP contribution is -2.39. The first-order valence-electron chi connectivity index (χ1n) is 7.69. The Balaban J connectivity index is 1.93. The molecule has 1 aliphatic rings. The van der Waals surface area contributed by atoms with E-state index in [1.54, 1.807) is 0 Å². The SMILES string of the molecule is CC(C)c1ccc(C(C)NC(=O)C2CCNCC2)cc1. The Labute approximate surface area is 122 Å². The third kappa shape index (κ3) is 3.83. The van der Waals surface area contributed by atoms with Gasteiger partial charge in [0.05, 0.1) is 6.04 Å². The number of carbonyl (C=O) groups is 1. The zero-order valence-electron chi connectivity index (χ0n) is 12.8. The van der Waals surface area contributed by atoms with Gasteiger partial charge in [-0.15, -0.1) is 0 Å². The summed E-state index contributed by atoms with van der Waals surface area (Å²) in [6.45, 7) is 8.35. The highest BCUT2D eigenvalue weighted by atomic mass is 16.1. The number of rotatable bonds is 4. The molecule has 20 heavy (non-hydrogen) atoms. The van der Waals surface area contributed by atoms with Crippen molar-refractivity contribution in [3.05, 3.63) is 35.4 Å². The summed E-state index contributed by atoms with van der Waals surface area (Å²) in [5.41, 5.74) is 2.52. The number of carbonyl (C=O) groups excluding carboxylic acids is 1. The van der Waals surface area contributed by atoms with E-state index < -0.39 is 0 Å². The van der Waals surface area contributed by atoms with Gasteiger partial charge >= 0.3 is 0 Å². The molecule has 0 radical (unpaired) electrons. The fourth-order valence-corrected chi connectivity index (χ4v) is 2.67. The first-order chi connectivity index (χ1) is 9.58. The monoisotopic (exact) mass is 274 g/mol. The van der Waals surface area contributed by atoms with Crippen molar-refractivity contribution in [2.45, 2.75) is 45.6 Å². The highest BCUT2D eigenvalue weighted by Gasteiger charge is 2.22. The van der Waals surface area contributed by atoms with Gasteiger partial charge in [0.2, 0.25) is 5.91 Å². The second-order valence-corrected chi connectivity index (χ2v) is 6.08. The minimum absolute atomic E-state index is 0.0820. The molecule has 0 saturated carbocycles. The largest absolute Gasteiger partial charge is 0.349 e. The number of benzene rings is 1. The molecule has 1 amide bonds. The molecule has 0 bridgehead atoms. The van der Waals surface area contributed by atoms with Crippen molar-refractivity contribution in [2.75, 3.05) is 13.1 Å². The zero-order chi connectivity index (χ0) is 14.5. The van der Waals surface area contributed by atoms with Crippen molar-refractivity contribution in [3.63, 3.8) is 0 Å². The first-order valence-corrected chi connectivity index (χ1v) is 7.69. The van der Waals surface area contributed by atoms with Crippen LogP contribution in [0.4, 0.5) is 0 Å². The molecule has 3 nitrogen and oxygen atoms in total. The van der Waals surface area contributed by atoms with Crippen molar-refractivity contribution in [2.24, 2.45) is 5.92 Å². The van der Waals surface area contributed by atoms with Crippen LogP contribution in [0.2, 0.25) is 0 Å². The molecule has 3 heteroatoms. The van der Waals surface area contributed by atoms with Crippen LogP contribution in [0.1, 0.15) is 56.7 Å². The van der Waals surface area contributed by atoms with E-state index in [1.807, 2.05) is 0 Å². The molecule has 1 atom stereocenters. The average Bonchev–Trinajstić information content (AvgIpc) is 2.48. The van der Waals surface area contributed by atoms with Crippen LogP contribution in [0, 0.1) is 5.92 Å². The topological polar surface area (TPSA) is 41.1 Å². The van der Waals surface area contributed by atoms with Crippen molar-refractivity contribution in [3.8, 4) is 0 Å². The Kier molecular flexibility index (Phi) is 5.18. The van der Waals surface area contributed by atoms with Gasteiger partial charge in [0, 0.05) is 5.92 Å². The third-order valence-corrected chi connectivity index (χ3v) is 4.17. The summed E-state index contributed by atoms with van der Waals surface area (Å²) < 4.78 is 0. The molecule has 1 aliphatic heterocycles. The lowest BCUT2D eigenvalue weighted by molar-refractivity contribution is -0.126. The highest BCUT2D eigenvalue weighted by molar-refractivity contribution is 5.79. The number of hydrogen-bond donors (Lipinski definition) is 2. The number of piperidine rings is 1. The maximum atomic E-state index is 12.2. The van der Waals surface area contributed by atoms with E-state index in [4.69, 9.17) is 0 Å². The van der Waals surface area contributed by atoms with Gasteiger partial charge in [-0.25, -0.2) is 0 Å². The number of nitrogens with one attached hydrogen (secondary N) is 2. The van der Waals surface area contributed by atoms with Gasteiger partial charge in [0.1, 0.15) is 0 Å². The molecular weight excluding hydrogens is 248 g/mol. The summed E-state index contributed by atoms with van der Waals surface area (Å²) in [6, 6.07) is 8.66. The summed E-state index contributed by atoms with van der Waals surface area (Å²) in [6.07, 6.45) is 1.90. The third-order valence-electron chi connectivity index (χ3n) is 4.17. The van der Waals surface area contributed by atoms with E-state index in [9.17, 15) is 4.79 Å². The lowest BCUT2D eigenvalue weighted by atomic mass is 9.96. The van der Waals surface area contributed by atoms with Crippen molar-refractivity contribution in [1.82, 2.24) is 10.6 Å². The first kappa shape index (κ1) is 15.0. The van der Waals surface area contributed by atoms with Crippen LogP contribution in [0.25, 0.3) is 0 Å². The van der Waals surface area contributed by atoms with Crippen LogP contribution >= 0.6 is 0 Å². The van der Waals surface area contributed by atoms with E-state index in [0.717, 1.165) is 25.9 Å². The minimum atomic E-state index is 0.0820. The number of amides is 1. The van der Waals surface area contributed by atoms with Gasteiger partial charge in [0.25, 0.3) is 0 Å². The van der Waals surface area contributed by atoms with Gasteiger partial charge in [0.15, 0.2) is 0 Å². The molecular formula is C17H26N2O. The predicted octanol–water partition coefficient (Wildman–Crippen LogP) is 2.99. The second kappa shape index (κ2) is 6.89. The van der Waals surface area contributed by atoms with Gasteiger partial charge in [-0.05, 0) is 49.9 Å². The Morgan fingerprint density at radius 1 is 1.10 bits per heavy atom. The summed E-state index contributed by atoms with van der Waals surface area (Å²) in [4.78, 5) is 12.2. The van der Waals surface area contributed by atoms with Crippen LogP contribution in [-0.4, -0.2) is 19.0 Å². The van der Waals surface area contributed by atoms with Gasteiger partial charge < -0.3 is 10.6 Å². The Hall–Kier alpha value is -1.35. The van der Waals surface area contributed by atoms with E-state index in [0.29, 0.717) is 5.92 Å². The molecule has 1 unspecified atom stereocenters. The molecule has 2 N–H and O–H groups in total. The summed E-state index contributed by atoms with van der Waals surface area (Å²) in [5.74, 6) is 0.921. The molecule has 1 aromatic rings. The Morgan fingerprint density at radius 2 is 1.65 bits per heavy atom. The molecule has 1 fully saturated rings. The normalized spacial score (nSPS) is 18.0. The van der Waals surface area contributed by atoms with E-state index in [1.165, 1.54) is 11.1 Å². The molecule has 0 aliphatic carbocycles. The van der Waals surface area contributed by atoms with Crippen LogP contribution < -0.4 is 10.6 Å². The Bertz CT molecular complexity index is 433. The highest BCUT2D eigenvalue weighted by Crippen LogP contribution is 2.20. The molecule has 1 heterocycles. The lowest BCUT2D eigenvalue weighted by Gasteiger charge is -2.24. The van der Waals surface area contributed by atoms with Crippen molar-refractivity contribution in [1.29, 1.82) is 0 Å². The summed E-state index contributed by atoms with van der Waals surface area (Å²) in [5, 5.41) is 6.44. The van der Waals surface area contributed by atoms with Crippen LogP contribution in [0.15, 0.2) is 24.3 Å². The molecule has 110 valence electrons. The van der Waals surface area contributed by atoms with E-state index in [-0.39, 0.29) is 17.9 Å². The van der Waals surface area contributed by atoms with Crippen LogP contribution in [-0.2, 0) is 4.79 Å². The average molecular weight is 274 g/mol. The Morgan fingerprint density at radius 3 is 2.20 bits per heavy atom. The molecule has 1 saturated heterocycles. The number of hydrogen-bond acceptors (Lipinski definition) is 2. The summed E-state index contributed by atoms with van der Waals surface area (Å²) >= 11 is 0. The fraction of sp³-hybridized carbons (Fsp3) is 0.588. The van der Waals surface area contributed by atoms with Gasteiger partial charge in [-0.1, -0.05) is 38.1 Å². The predicted molar refractivity (Wildman–Crippen MR) is 82.7 cm³/mol. The molecule has 2 rings (SSSR count). The van der Waals surface area contributed by atoms with Crippen LogP contribution in [0.5, 0.6) is 0 Å². The minimum Gasteiger partial charge on any atom is -0.349 e. The van der Waals surface area contributed by atoms with Crippen molar-refractivity contribution >= 4 is 5.91 Å². The quantitative estimate of drug-likeness (QED) is 0.886. The fourth-order valence-electron chi connectivity index (χ4n) is 2.67.